The maximum Gasteiger partial charge on any atom is 0.120 e. The Morgan fingerprint density at radius 1 is 0.833 bits per heavy atom. The molecule has 3 rings (SSSR count). The fraction of sp³-hybridized carbons (Fsp3) is 0.105. The lowest BCUT2D eigenvalue weighted by Crippen LogP contribution is -1.97. The van der Waals surface area contributed by atoms with Gasteiger partial charge in [0.05, 0.1) is 5.69 Å². The predicted octanol–water partition coefficient (Wildman–Crippen LogP) is 4.63. The number of benzene rings is 2. The molecule has 0 amide bonds. The molecule has 0 aliphatic carbocycles. The summed E-state index contributed by atoms with van der Waals surface area (Å²) < 4.78 is 5.86. The van der Waals surface area contributed by atoms with Gasteiger partial charge in [-0.05, 0) is 35.4 Å². The molecule has 2 aromatic carbocycles. The van der Waals surface area contributed by atoms with Crippen LogP contribution < -0.4 is 10.5 Å². The first-order chi connectivity index (χ1) is 10.8. The van der Waals surface area contributed by atoms with Crippen molar-refractivity contribution in [2.24, 2.45) is 5.73 Å². The van der Waals surface area contributed by atoms with E-state index in [1.807, 2.05) is 54.6 Å². The summed E-state index contributed by atoms with van der Waals surface area (Å²) in [5, 5.41) is 0. The average Bonchev–Trinajstić information content (AvgIpc) is 2.61. The molecule has 0 bridgehead atoms. The van der Waals surface area contributed by atoms with Gasteiger partial charge in [-0.1, -0.05) is 42.5 Å². The van der Waals surface area contributed by atoms with Gasteiger partial charge >= 0.3 is 0 Å². The van der Waals surface area contributed by atoms with Crippen LogP contribution in [0.15, 0.2) is 72.9 Å². The molecule has 0 spiro atoms. The summed E-state index contributed by atoms with van der Waals surface area (Å²) in [5.74, 6) is 0.835. The van der Waals surface area contributed by atoms with E-state index in [-0.39, 0.29) is 24.8 Å². The van der Waals surface area contributed by atoms with E-state index in [9.17, 15) is 0 Å². The molecular weight excluding hydrogens is 343 g/mol. The van der Waals surface area contributed by atoms with Gasteiger partial charge in [0.2, 0.25) is 0 Å². The Balaban J connectivity index is 0.00000144. The van der Waals surface area contributed by atoms with Crippen molar-refractivity contribution in [1.82, 2.24) is 4.98 Å². The standard InChI is InChI=1S/C19H18N2O.2ClH/c20-13-16-9-10-21-19(11-16)17-7-4-8-18(12-17)22-14-15-5-2-1-3-6-15;;/h1-12H,13-14,20H2;2*1H. The van der Waals surface area contributed by atoms with Crippen LogP contribution in [0.5, 0.6) is 5.75 Å². The van der Waals surface area contributed by atoms with Crippen LogP contribution in [0.3, 0.4) is 0 Å². The van der Waals surface area contributed by atoms with E-state index in [2.05, 4.69) is 17.1 Å². The summed E-state index contributed by atoms with van der Waals surface area (Å²) in [5.41, 5.74) is 9.84. The fourth-order valence-electron chi connectivity index (χ4n) is 2.25. The number of hydrogen-bond donors (Lipinski definition) is 1. The number of aromatic nitrogens is 1. The Morgan fingerprint density at radius 2 is 1.62 bits per heavy atom. The zero-order valence-electron chi connectivity index (χ0n) is 13.1. The summed E-state index contributed by atoms with van der Waals surface area (Å²) in [6.45, 7) is 1.07. The van der Waals surface area contributed by atoms with Crippen LogP contribution in [0.1, 0.15) is 11.1 Å². The second-order valence-electron chi connectivity index (χ2n) is 5.06. The van der Waals surface area contributed by atoms with Gasteiger partial charge in [0.1, 0.15) is 12.4 Å². The van der Waals surface area contributed by atoms with Gasteiger partial charge in [-0.25, -0.2) is 0 Å². The highest BCUT2D eigenvalue weighted by molar-refractivity contribution is 5.85. The Hall–Kier alpha value is -2.07. The number of ether oxygens (including phenoxy) is 1. The first kappa shape index (κ1) is 20.0. The van der Waals surface area contributed by atoms with Crippen molar-refractivity contribution in [3.63, 3.8) is 0 Å². The highest BCUT2D eigenvalue weighted by Gasteiger charge is 2.03. The maximum absolute atomic E-state index is 5.86. The Labute approximate surface area is 154 Å². The Bertz CT molecular complexity index is 751. The lowest BCUT2D eigenvalue weighted by Gasteiger charge is -2.08. The third-order valence-corrected chi connectivity index (χ3v) is 3.44. The molecule has 0 saturated heterocycles. The van der Waals surface area contributed by atoms with Gasteiger partial charge in [0.15, 0.2) is 0 Å². The molecule has 0 aliphatic rings. The highest BCUT2D eigenvalue weighted by Crippen LogP contribution is 2.23. The first-order valence-corrected chi connectivity index (χ1v) is 7.27. The molecule has 1 aromatic heterocycles. The van der Waals surface area contributed by atoms with Crippen LogP contribution in [0.25, 0.3) is 11.3 Å². The van der Waals surface area contributed by atoms with Crippen molar-refractivity contribution < 1.29 is 4.74 Å². The van der Waals surface area contributed by atoms with Crippen molar-refractivity contribution in [3.05, 3.63) is 84.1 Å². The minimum Gasteiger partial charge on any atom is -0.489 e. The molecule has 126 valence electrons. The van der Waals surface area contributed by atoms with Gasteiger partial charge in [0.25, 0.3) is 0 Å². The number of halogens is 2. The molecule has 5 heteroatoms. The van der Waals surface area contributed by atoms with Gasteiger partial charge in [-0.3, -0.25) is 4.98 Å². The largest absolute Gasteiger partial charge is 0.489 e. The number of rotatable bonds is 5. The van der Waals surface area contributed by atoms with Crippen molar-refractivity contribution in [2.45, 2.75) is 13.2 Å². The molecule has 24 heavy (non-hydrogen) atoms. The van der Waals surface area contributed by atoms with Gasteiger partial charge in [0, 0.05) is 18.3 Å². The summed E-state index contributed by atoms with van der Waals surface area (Å²) in [7, 11) is 0. The Kier molecular flexibility index (Phi) is 8.27. The molecule has 0 atom stereocenters. The lowest BCUT2D eigenvalue weighted by molar-refractivity contribution is 0.306. The molecule has 3 nitrogen and oxygen atoms in total. The minimum absolute atomic E-state index is 0. The highest BCUT2D eigenvalue weighted by atomic mass is 35.5. The summed E-state index contributed by atoms with van der Waals surface area (Å²) >= 11 is 0. The molecule has 0 saturated carbocycles. The van der Waals surface area contributed by atoms with Crippen molar-refractivity contribution in [2.75, 3.05) is 0 Å². The molecular formula is C19H20Cl2N2O. The van der Waals surface area contributed by atoms with Crippen LogP contribution in [0.4, 0.5) is 0 Å². The third-order valence-electron chi connectivity index (χ3n) is 3.44. The molecule has 3 aromatic rings. The van der Waals surface area contributed by atoms with E-state index in [0.29, 0.717) is 13.2 Å². The van der Waals surface area contributed by atoms with Crippen LogP contribution in [0, 0.1) is 0 Å². The zero-order valence-corrected chi connectivity index (χ0v) is 14.7. The second kappa shape index (κ2) is 9.93. The summed E-state index contributed by atoms with van der Waals surface area (Å²) in [4.78, 5) is 4.41. The second-order valence-corrected chi connectivity index (χ2v) is 5.06. The van der Waals surface area contributed by atoms with Crippen molar-refractivity contribution >= 4 is 24.8 Å². The zero-order chi connectivity index (χ0) is 15.2. The van der Waals surface area contributed by atoms with Crippen LogP contribution in [0.2, 0.25) is 0 Å². The van der Waals surface area contributed by atoms with E-state index in [1.165, 1.54) is 0 Å². The monoisotopic (exact) mass is 362 g/mol. The number of nitrogens with zero attached hydrogens (tertiary/aromatic N) is 1. The maximum atomic E-state index is 5.86. The quantitative estimate of drug-likeness (QED) is 0.719. The van der Waals surface area contributed by atoms with Crippen LogP contribution >= 0.6 is 24.8 Å². The smallest absolute Gasteiger partial charge is 0.120 e. The van der Waals surface area contributed by atoms with Gasteiger partial charge in [-0.2, -0.15) is 0 Å². The molecule has 0 unspecified atom stereocenters. The van der Waals surface area contributed by atoms with E-state index < -0.39 is 0 Å². The molecule has 2 N–H and O–H groups in total. The van der Waals surface area contributed by atoms with Crippen molar-refractivity contribution in [1.29, 1.82) is 0 Å². The minimum atomic E-state index is 0. The Morgan fingerprint density at radius 3 is 2.38 bits per heavy atom. The van der Waals surface area contributed by atoms with E-state index in [4.69, 9.17) is 10.5 Å². The number of nitrogens with two attached hydrogens (primary N) is 1. The predicted molar refractivity (Wildman–Crippen MR) is 103 cm³/mol. The topological polar surface area (TPSA) is 48.1 Å². The van der Waals surface area contributed by atoms with Gasteiger partial charge < -0.3 is 10.5 Å². The molecule has 0 radical (unpaired) electrons. The SMILES string of the molecule is Cl.Cl.NCc1ccnc(-c2cccc(OCc3ccccc3)c2)c1. The van der Waals surface area contributed by atoms with Gasteiger partial charge in [-0.15, -0.1) is 24.8 Å². The molecule has 0 aliphatic heterocycles. The van der Waals surface area contributed by atoms with Crippen LogP contribution in [-0.4, -0.2) is 4.98 Å². The lowest BCUT2D eigenvalue weighted by atomic mass is 10.1. The van der Waals surface area contributed by atoms with Crippen molar-refractivity contribution in [3.8, 4) is 17.0 Å². The normalized spacial score (nSPS) is 9.54. The summed E-state index contributed by atoms with van der Waals surface area (Å²) in [6.07, 6.45) is 1.79. The number of hydrogen-bond acceptors (Lipinski definition) is 3. The third kappa shape index (κ3) is 5.24. The van der Waals surface area contributed by atoms with E-state index >= 15 is 0 Å². The van der Waals surface area contributed by atoms with E-state index in [1.54, 1.807) is 6.20 Å². The number of pyridine rings is 1. The van der Waals surface area contributed by atoms with Crippen LogP contribution in [-0.2, 0) is 13.2 Å². The molecule has 0 fully saturated rings. The fourth-order valence-corrected chi connectivity index (χ4v) is 2.25. The molecule has 1 heterocycles. The summed E-state index contributed by atoms with van der Waals surface area (Å²) in [6, 6.07) is 22.0. The first-order valence-electron chi connectivity index (χ1n) is 7.27. The van der Waals surface area contributed by atoms with E-state index in [0.717, 1.165) is 28.1 Å². The average molecular weight is 363 g/mol.